The second kappa shape index (κ2) is 3.64. The molecule has 0 heterocycles. The molecule has 0 aromatic heterocycles. The quantitative estimate of drug-likeness (QED) is 0.769. The van der Waals surface area contributed by atoms with E-state index in [4.69, 9.17) is 0 Å². The molecule has 0 bridgehead atoms. The molecule has 1 heteroatoms. The van der Waals surface area contributed by atoms with E-state index < -0.39 is 0 Å². The molecule has 1 nitrogen and oxygen atoms in total. The first-order valence-corrected chi connectivity index (χ1v) is 5.55. The minimum absolute atomic E-state index is 0.466. The number of phenolic OH excluding ortho intramolecular Hbond substituents is 1. The van der Waals surface area contributed by atoms with Crippen molar-refractivity contribution in [1.82, 2.24) is 0 Å². The number of rotatable bonds is 3. The van der Waals surface area contributed by atoms with Crippen molar-refractivity contribution < 1.29 is 5.11 Å². The van der Waals surface area contributed by atoms with Gasteiger partial charge in [-0.05, 0) is 42.2 Å². The van der Waals surface area contributed by atoms with E-state index in [1.807, 2.05) is 0 Å². The maximum absolute atomic E-state index is 10.1. The van der Waals surface area contributed by atoms with Gasteiger partial charge in [0, 0.05) is 0 Å². The van der Waals surface area contributed by atoms with Gasteiger partial charge in [0.15, 0.2) is 0 Å². The van der Waals surface area contributed by atoms with E-state index >= 15 is 0 Å². The van der Waals surface area contributed by atoms with Crippen LogP contribution in [0.5, 0.6) is 5.75 Å². The van der Waals surface area contributed by atoms with Crippen molar-refractivity contribution >= 4 is 0 Å². The van der Waals surface area contributed by atoms with Gasteiger partial charge >= 0.3 is 0 Å². The van der Waals surface area contributed by atoms with Gasteiger partial charge in [0.2, 0.25) is 0 Å². The summed E-state index contributed by atoms with van der Waals surface area (Å²) in [5.74, 6) is 1.66. The Hall–Kier alpha value is -0.980. The molecule has 0 saturated heterocycles. The molecule has 2 rings (SSSR count). The van der Waals surface area contributed by atoms with Crippen LogP contribution in [0.3, 0.4) is 0 Å². The van der Waals surface area contributed by atoms with Gasteiger partial charge in [-0.25, -0.2) is 0 Å². The van der Waals surface area contributed by atoms with Crippen LogP contribution in [0.4, 0.5) is 0 Å². The van der Waals surface area contributed by atoms with Gasteiger partial charge in [-0.2, -0.15) is 0 Å². The molecule has 0 aliphatic heterocycles. The zero-order chi connectivity index (χ0) is 10.1. The molecule has 76 valence electrons. The molecule has 0 unspecified atom stereocenters. The summed E-state index contributed by atoms with van der Waals surface area (Å²) < 4.78 is 0. The third-order valence-corrected chi connectivity index (χ3v) is 3.26. The standard InChI is InChI=1S/C13H18O/c1-3-9(2)11-5-4-6-12(13(11)14)10-7-8-10/h4-6,9-10,14H,3,7-8H2,1-2H3/t9-/m0/s1. The van der Waals surface area contributed by atoms with E-state index in [9.17, 15) is 5.11 Å². The lowest BCUT2D eigenvalue weighted by molar-refractivity contribution is 0.455. The van der Waals surface area contributed by atoms with Crippen LogP contribution in [0.15, 0.2) is 18.2 Å². The van der Waals surface area contributed by atoms with Crippen LogP contribution in [0.1, 0.15) is 56.1 Å². The summed E-state index contributed by atoms with van der Waals surface area (Å²) in [4.78, 5) is 0. The minimum Gasteiger partial charge on any atom is -0.507 e. The Morgan fingerprint density at radius 2 is 2.14 bits per heavy atom. The van der Waals surface area contributed by atoms with Gasteiger partial charge in [0.05, 0.1) is 0 Å². The Morgan fingerprint density at radius 3 is 2.71 bits per heavy atom. The zero-order valence-electron chi connectivity index (χ0n) is 8.96. The molecule has 0 amide bonds. The number of phenols is 1. The summed E-state index contributed by atoms with van der Waals surface area (Å²) in [6.07, 6.45) is 3.58. The number of para-hydroxylation sites is 1. The van der Waals surface area contributed by atoms with Gasteiger partial charge in [-0.15, -0.1) is 0 Å². The Labute approximate surface area is 85.8 Å². The summed E-state index contributed by atoms with van der Waals surface area (Å²) in [6.45, 7) is 4.33. The van der Waals surface area contributed by atoms with E-state index in [2.05, 4.69) is 32.0 Å². The average Bonchev–Trinajstić information content (AvgIpc) is 3.01. The average molecular weight is 190 g/mol. The number of benzene rings is 1. The summed E-state index contributed by atoms with van der Waals surface area (Å²) in [5, 5.41) is 10.1. The van der Waals surface area contributed by atoms with Crippen LogP contribution >= 0.6 is 0 Å². The normalized spacial score (nSPS) is 18.1. The monoisotopic (exact) mass is 190 g/mol. The van der Waals surface area contributed by atoms with Gasteiger partial charge in [-0.1, -0.05) is 32.0 Å². The SMILES string of the molecule is CC[C@H](C)c1cccc(C2CC2)c1O. The summed E-state index contributed by atoms with van der Waals surface area (Å²) in [5.41, 5.74) is 2.29. The van der Waals surface area contributed by atoms with Crippen molar-refractivity contribution in [2.45, 2.75) is 44.9 Å². The van der Waals surface area contributed by atoms with Crippen molar-refractivity contribution in [3.63, 3.8) is 0 Å². The molecule has 1 aromatic carbocycles. The van der Waals surface area contributed by atoms with Crippen molar-refractivity contribution in [2.75, 3.05) is 0 Å². The summed E-state index contributed by atoms with van der Waals surface area (Å²) in [7, 11) is 0. The van der Waals surface area contributed by atoms with E-state index in [0.29, 0.717) is 17.6 Å². The largest absolute Gasteiger partial charge is 0.507 e. The Kier molecular flexibility index (Phi) is 2.49. The fraction of sp³-hybridized carbons (Fsp3) is 0.538. The first-order chi connectivity index (χ1) is 6.74. The summed E-state index contributed by atoms with van der Waals surface area (Å²) in [6, 6.07) is 6.20. The topological polar surface area (TPSA) is 20.2 Å². The highest BCUT2D eigenvalue weighted by molar-refractivity contribution is 5.45. The van der Waals surface area contributed by atoms with E-state index in [-0.39, 0.29) is 0 Å². The van der Waals surface area contributed by atoms with E-state index in [1.165, 1.54) is 18.4 Å². The second-order valence-electron chi connectivity index (χ2n) is 4.37. The molecule has 1 aliphatic carbocycles. The van der Waals surface area contributed by atoms with Crippen LogP contribution in [-0.4, -0.2) is 5.11 Å². The molecule has 0 radical (unpaired) electrons. The van der Waals surface area contributed by atoms with Gasteiger partial charge in [0.1, 0.15) is 5.75 Å². The van der Waals surface area contributed by atoms with Crippen molar-refractivity contribution in [1.29, 1.82) is 0 Å². The van der Waals surface area contributed by atoms with Gasteiger partial charge in [0.25, 0.3) is 0 Å². The molecule has 1 atom stereocenters. The molecule has 1 saturated carbocycles. The summed E-state index contributed by atoms with van der Waals surface area (Å²) >= 11 is 0. The van der Waals surface area contributed by atoms with E-state index in [1.54, 1.807) is 0 Å². The third-order valence-electron chi connectivity index (χ3n) is 3.26. The van der Waals surface area contributed by atoms with Crippen LogP contribution in [0, 0.1) is 0 Å². The zero-order valence-corrected chi connectivity index (χ0v) is 8.96. The highest BCUT2D eigenvalue weighted by Gasteiger charge is 2.27. The second-order valence-corrected chi connectivity index (χ2v) is 4.37. The molecule has 0 spiro atoms. The molecule has 1 N–H and O–H groups in total. The van der Waals surface area contributed by atoms with E-state index in [0.717, 1.165) is 12.0 Å². The maximum atomic E-state index is 10.1. The first kappa shape index (κ1) is 9.57. The fourth-order valence-corrected chi connectivity index (χ4v) is 1.92. The fourth-order valence-electron chi connectivity index (χ4n) is 1.92. The molecule has 1 aliphatic rings. The molecule has 1 aromatic rings. The Balaban J connectivity index is 2.35. The Bertz CT molecular complexity index is 326. The molecular weight excluding hydrogens is 172 g/mol. The van der Waals surface area contributed by atoms with Crippen LogP contribution in [0.2, 0.25) is 0 Å². The third kappa shape index (κ3) is 1.63. The lowest BCUT2D eigenvalue weighted by Gasteiger charge is -2.13. The van der Waals surface area contributed by atoms with Gasteiger partial charge < -0.3 is 5.11 Å². The Morgan fingerprint density at radius 1 is 1.43 bits per heavy atom. The van der Waals surface area contributed by atoms with Crippen molar-refractivity contribution in [3.8, 4) is 5.75 Å². The maximum Gasteiger partial charge on any atom is 0.122 e. The first-order valence-electron chi connectivity index (χ1n) is 5.55. The molecule has 1 fully saturated rings. The number of hydrogen-bond donors (Lipinski definition) is 1. The molecule has 14 heavy (non-hydrogen) atoms. The highest BCUT2D eigenvalue weighted by atomic mass is 16.3. The predicted molar refractivity (Wildman–Crippen MR) is 58.8 cm³/mol. The highest BCUT2D eigenvalue weighted by Crippen LogP contribution is 2.46. The lowest BCUT2D eigenvalue weighted by atomic mass is 9.94. The number of hydrogen-bond acceptors (Lipinski definition) is 1. The minimum atomic E-state index is 0.466. The lowest BCUT2D eigenvalue weighted by Crippen LogP contribution is -1.94. The van der Waals surface area contributed by atoms with Gasteiger partial charge in [-0.3, -0.25) is 0 Å². The van der Waals surface area contributed by atoms with Crippen molar-refractivity contribution in [2.24, 2.45) is 0 Å². The van der Waals surface area contributed by atoms with Crippen LogP contribution in [-0.2, 0) is 0 Å². The predicted octanol–water partition coefficient (Wildman–Crippen LogP) is 3.78. The van der Waals surface area contributed by atoms with Crippen molar-refractivity contribution in [3.05, 3.63) is 29.3 Å². The van der Waals surface area contributed by atoms with Crippen LogP contribution < -0.4 is 0 Å². The van der Waals surface area contributed by atoms with Crippen LogP contribution in [0.25, 0.3) is 0 Å². The molecular formula is C13H18O. The number of aromatic hydroxyl groups is 1. The smallest absolute Gasteiger partial charge is 0.122 e.